The first-order chi connectivity index (χ1) is 15.3. The number of ether oxygens (including phenoxy) is 1. The number of hydrogen-bond donors (Lipinski definition) is 3. The molecule has 0 bridgehead atoms. The second-order valence-electron chi connectivity index (χ2n) is 8.10. The fourth-order valence-electron chi connectivity index (χ4n) is 3.12. The van der Waals surface area contributed by atoms with Crippen molar-refractivity contribution < 1.29 is 19.1 Å². The summed E-state index contributed by atoms with van der Waals surface area (Å²) < 4.78 is 5.35. The van der Waals surface area contributed by atoms with E-state index in [1.165, 1.54) is 5.56 Å². The Hall–Kier alpha value is -3.35. The van der Waals surface area contributed by atoms with E-state index in [9.17, 15) is 14.4 Å². The highest BCUT2D eigenvalue weighted by Crippen LogP contribution is 2.18. The molecule has 0 spiro atoms. The SMILES string of the molecule is CCOc1ccc(NC(=O)CCC(=O)NNC(=O)C(C)c2ccc(CC(C)C)cc2)cc1. The standard InChI is InChI=1S/C25H33N3O4/c1-5-32-22-12-10-21(11-13-22)26-23(29)14-15-24(30)27-28-25(31)18(4)20-8-6-19(7-9-20)16-17(2)3/h6-13,17-18H,5,14-16H2,1-4H3,(H,26,29)(H,27,30)(H,28,31). The van der Waals surface area contributed by atoms with Crippen LogP contribution in [-0.4, -0.2) is 24.3 Å². The third-order valence-corrected chi connectivity index (χ3v) is 4.87. The van der Waals surface area contributed by atoms with Gasteiger partial charge in [-0.05, 0) is 61.6 Å². The van der Waals surface area contributed by atoms with Crippen molar-refractivity contribution in [3.8, 4) is 5.75 Å². The molecule has 0 heterocycles. The molecule has 2 rings (SSSR count). The molecule has 2 aromatic rings. The second kappa shape index (κ2) is 12.5. The maximum atomic E-state index is 12.3. The molecule has 0 saturated carbocycles. The Morgan fingerprint density at radius 2 is 1.47 bits per heavy atom. The van der Waals surface area contributed by atoms with Crippen LogP contribution in [0.25, 0.3) is 0 Å². The minimum absolute atomic E-state index is 0.00177. The van der Waals surface area contributed by atoms with E-state index in [-0.39, 0.29) is 24.7 Å². The summed E-state index contributed by atoms with van der Waals surface area (Å²) >= 11 is 0. The number of rotatable bonds is 10. The monoisotopic (exact) mass is 439 g/mol. The Balaban J connectivity index is 1.72. The first-order valence-electron chi connectivity index (χ1n) is 11.0. The molecule has 0 saturated heterocycles. The van der Waals surface area contributed by atoms with E-state index in [0.29, 0.717) is 18.2 Å². The summed E-state index contributed by atoms with van der Waals surface area (Å²) in [7, 11) is 0. The zero-order chi connectivity index (χ0) is 23.5. The highest BCUT2D eigenvalue weighted by molar-refractivity contribution is 5.93. The molecule has 0 fully saturated rings. The van der Waals surface area contributed by atoms with Gasteiger partial charge in [-0.1, -0.05) is 38.1 Å². The van der Waals surface area contributed by atoms with Crippen molar-refractivity contribution in [1.82, 2.24) is 10.9 Å². The normalized spacial score (nSPS) is 11.5. The van der Waals surface area contributed by atoms with Crippen LogP contribution in [0.4, 0.5) is 5.69 Å². The summed E-state index contributed by atoms with van der Waals surface area (Å²) in [5, 5.41) is 2.73. The lowest BCUT2D eigenvalue weighted by molar-refractivity contribution is -0.130. The van der Waals surface area contributed by atoms with Gasteiger partial charge >= 0.3 is 0 Å². The minimum atomic E-state index is -0.431. The summed E-state index contributed by atoms with van der Waals surface area (Å²) in [6, 6.07) is 14.9. The minimum Gasteiger partial charge on any atom is -0.494 e. The Bertz CT molecular complexity index is 892. The lowest BCUT2D eigenvalue weighted by atomic mass is 9.96. The number of carbonyl (C=O) groups excluding carboxylic acids is 3. The maximum Gasteiger partial charge on any atom is 0.245 e. The number of carbonyl (C=O) groups is 3. The van der Waals surface area contributed by atoms with Crippen LogP contribution in [-0.2, 0) is 20.8 Å². The van der Waals surface area contributed by atoms with Crippen molar-refractivity contribution in [1.29, 1.82) is 0 Å². The van der Waals surface area contributed by atoms with Crippen LogP contribution in [0.15, 0.2) is 48.5 Å². The molecule has 32 heavy (non-hydrogen) atoms. The van der Waals surface area contributed by atoms with E-state index < -0.39 is 11.8 Å². The van der Waals surface area contributed by atoms with E-state index >= 15 is 0 Å². The van der Waals surface area contributed by atoms with Gasteiger partial charge in [0.1, 0.15) is 5.75 Å². The summed E-state index contributed by atoms with van der Waals surface area (Å²) in [6.07, 6.45) is 0.951. The molecule has 7 nitrogen and oxygen atoms in total. The van der Waals surface area contributed by atoms with Crippen molar-refractivity contribution in [3.05, 3.63) is 59.7 Å². The molecule has 3 amide bonds. The highest BCUT2D eigenvalue weighted by atomic mass is 16.5. The molecular weight excluding hydrogens is 406 g/mol. The van der Waals surface area contributed by atoms with Crippen molar-refractivity contribution in [2.45, 2.75) is 52.9 Å². The Morgan fingerprint density at radius 3 is 2.06 bits per heavy atom. The molecule has 0 aliphatic rings. The van der Waals surface area contributed by atoms with Gasteiger partial charge in [-0.2, -0.15) is 0 Å². The van der Waals surface area contributed by atoms with Crippen LogP contribution in [0.2, 0.25) is 0 Å². The molecule has 0 aromatic heterocycles. The quantitative estimate of drug-likeness (QED) is 0.488. The van der Waals surface area contributed by atoms with Crippen LogP contribution in [0, 0.1) is 5.92 Å². The Kier molecular flexibility index (Phi) is 9.73. The van der Waals surface area contributed by atoms with Gasteiger partial charge in [-0.25, -0.2) is 0 Å². The predicted molar refractivity (Wildman–Crippen MR) is 125 cm³/mol. The van der Waals surface area contributed by atoms with Gasteiger partial charge in [0, 0.05) is 18.5 Å². The molecule has 0 radical (unpaired) electrons. The number of benzene rings is 2. The fraction of sp³-hybridized carbons (Fsp3) is 0.400. The zero-order valence-electron chi connectivity index (χ0n) is 19.2. The van der Waals surface area contributed by atoms with Crippen LogP contribution in [0.5, 0.6) is 5.75 Å². The van der Waals surface area contributed by atoms with Gasteiger partial charge in [0.2, 0.25) is 17.7 Å². The number of hydrogen-bond acceptors (Lipinski definition) is 4. The molecule has 7 heteroatoms. The number of anilines is 1. The smallest absolute Gasteiger partial charge is 0.245 e. The van der Waals surface area contributed by atoms with E-state index in [1.54, 1.807) is 31.2 Å². The molecular formula is C25H33N3O4. The highest BCUT2D eigenvalue weighted by Gasteiger charge is 2.16. The van der Waals surface area contributed by atoms with Gasteiger partial charge in [0.05, 0.1) is 12.5 Å². The van der Waals surface area contributed by atoms with Gasteiger partial charge in [0.25, 0.3) is 0 Å². The van der Waals surface area contributed by atoms with Crippen LogP contribution >= 0.6 is 0 Å². The predicted octanol–water partition coefficient (Wildman–Crippen LogP) is 3.95. The number of nitrogens with one attached hydrogen (secondary N) is 3. The van der Waals surface area contributed by atoms with Crippen molar-refractivity contribution in [2.75, 3.05) is 11.9 Å². The van der Waals surface area contributed by atoms with E-state index in [1.807, 2.05) is 31.2 Å². The van der Waals surface area contributed by atoms with Gasteiger partial charge in [-0.3, -0.25) is 25.2 Å². The maximum absolute atomic E-state index is 12.3. The molecule has 0 aliphatic heterocycles. The first-order valence-corrected chi connectivity index (χ1v) is 11.0. The summed E-state index contributed by atoms with van der Waals surface area (Å²) in [5.74, 6) is -0.147. The molecule has 2 aromatic carbocycles. The van der Waals surface area contributed by atoms with Crippen molar-refractivity contribution in [3.63, 3.8) is 0 Å². The third kappa shape index (κ3) is 8.41. The largest absolute Gasteiger partial charge is 0.494 e. The van der Waals surface area contributed by atoms with Gasteiger partial charge in [0.15, 0.2) is 0 Å². The summed E-state index contributed by atoms with van der Waals surface area (Å²) in [6.45, 7) is 8.58. The van der Waals surface area contributed by atoms with Crippen molar-refractivity contribution >= 4 is 23.4 Å². The van der Waals surface area contributed by atoms with Gasteiger partial charge < -0.3 is 10.1 Å². The van der Waals surface area contributed by atoms with Gasteiger partial charge in [-0.15, -0.1) is 0 Å². The fourth-order valence-corrected chi connectivity index (χ4v) is 3.12. The van der Waals surface area contributed by atoms with E-state index in [4.69, 9.17) is 4.74 Å². The molecule has 3 N–H and O–H groups in total. The molecule has 1 atom stereocenters. The number of amides is 3. The lowest BCUT2D eigenvalue weighted by Crippen LogP contribution is -2.43. The topological polar surface area (TPSA) is 96.5 Å². The summed E-state index contributed by atoms with van der Waals surface area (Å²) in [5.41, 5.74) is 7.54. The van der Waals surface area contributed by atoms with E-state index in [2.05, 4.69) is 30.0 Å². The summed E-state index contributed by atoms with van der Waals surface area (Å²) in [4.78, 5) is 36.4. The second-order valence-corrected chi connectivity index (χ2v) is 8.10. The lowest BCUT2D eigenvalue weighted by Gasteiger charge is -2.14. The molecule has 0 aliphatic carbocycles. The van der Waals surface area contributed by atoms with Crippen LogP contribution in [0.3, 0.4) is 0 Å². The number of hydrazine groups is 1. The molecule has 1 unspecified atom stereocenters. The Morgan fingerprint density at radius 1 is 0.844 bits per heavy atom. The van der Waals surface area contributed by atoms with Crippen LogP contribution < -0.4 is 20.9 Å². The Labute approximate surface area is 189 Å². The first kappa shape index (κ1) is 24.9. The van der Waals surface area contributed by atoms with E-state index in [0.717, 1.165) is 17.7 Å². The zero-order valence-corrected chi connectivity index (χ0v) is 19.2. The third-order valence-electron chi connectivity index (χ3n) is 4.87. The van der Waals surface area contributed by atoms with Crippen molar-refractivity contribution in [2.24, 2.45) is 5.92 Å². The average molecular weight is 440 g/mol. The molecule has 172 valence electrons. The average Bonchev–Trinajstić information content (AvgIpc) is 2.77. The van der Waals surface area contributed by atoms with Crippen LogP contribution in [0.1, 0.15) is 57.6 Å².